The smallest absolute Gasteiger partial charge is 0.223 e. The van der Waals surface area contributed by atoms with Crippen molar-refractivity contribution < 1.29 is 4.39 Å². The molecule has 0 spiro atoms. The predicted molar refractivity (Wildman–Crippen MR) is 83.2 cm³/mol. The van der Waals surface area contributed by atoms with Crippen LogP contribution in [0, 0.1) is 5.82 Å². The number of H-pyrrole nitrogens is 1. The van der Waals surface area contributed by atoms with Crippen LogP contribution >= 0.6 is 11.8 Å². The fraction of sp³-hybridized carbons (Fsp3) is 0.200. The van der Waals surface area contributed by atoms with Gasteiger partial charge in [0.1, 0.15) is 5.03 Å². The lowest BCUT2D eigenvalue weighted by Gasteiger charge is -2.05. The summed E-state index contributed by atoms with van der Waals surface area (Å²) in [6, 6.07) is 9.93. The van der Waals surface area contributed by atoms with Crippen LogP contribution in [0.3, 0.4) is 0 Å². The van der Waals surface area contributed by atoms with Gasteiger partial charge in [-0.05, 0) is 30.3 Å². The lowest BCUT2D eigenvalue weighted by molar-refractivity contribution is 0.579. The number of aromatic amines is 1. The van der Waals surface area contributed by atoms with E-state index in [2.05, 4.69) is 27.2 Å². The number of nitrogens with zero attached hydrogens (tertiary/aromatic N) is 2. The van der Waals surface area contributed by atoms with Crippen molar-refractivity contribution in [2.75, 3.05) is 11.9 Å². The van der Waals surface area contributed by atoms with Gasteiger partial charge >= 0.3 is 0 Å². The molecule has 0 aliphatic rings. The number of hydrogen-bond donors (Lipinski definition) is 2. The van der Waals surface area contributed by atoms with E-state index < -0.39 is 5.82 Å². The SMILES string of the molecule is CCCNc1ncc(F)c(Sc2cc3ccccc3[nH]2)n1. The molecule has 0 aliphatic carbocycles. The Bertz CT molecular complexity index is 723. The minimum absolute atomic E-state index is 0.315. The van der Waals surface area contributed by atoms with Crippen LogP contribution < -0.4 is 5.32 Å². The average molecular weight is 302 g/mol. The number of nitrogens with one attached hydrogen (secondary N) is 2. The van der Waals surface area contributed by atoms with E-state index in [9.17, 15) is 4.39 Å². The maximum Gasteiger partial charge on any atom is 0.223 e. The molecule has 3 aromatic rings. The Labute approximate surface area is 126 Å². The lowest BCUT2D eigenvalue weighted by Crippen LogP contribution is -2.05. The fourth-order valence-electron chi connectivity index (χ4n) is 1.95. The van der Waals surface area contributed by atoms with E-state index in [1.807, 2.05) is 30.3 Å². The van der Waals surface area contributed by atoms with Gasteiger partial charge in [0.05, 0.1) is 11.2 Å². The molecule has 0 saturated carbocycles. The minimum Gasteiger partial charge on any atom is -0.354 e. The van der Waals surface area contributed by atoms with Crippen molar-refractivity contribution in [3.8, 4) is 0 Å². The monoisotopic (exact) mass is 302 g/mol. The zero-order valence-electron chi connectivity index (χ0n) is 11.6. The van der Waals surface area contributed by atoms with Crippen LogP contribution in [0.2, 0.25) is 0 Å². The Morgan fingerprint density at radius 2 is 2.19 bits per heavy atom. The third kappa shape index (κ3) is 3.16. The summed E-state index contributed by atoms with van der Waals surface area (Å²) in [5.74, 6) is 0.0394. The maximum absolute atomic E-state index is 13.8. The summed E-state index contributed by atoms with van der Waals surface area (Å²) in [7, 11) is 0. The van der Waals surface area contributed by atoms with Crippen LogP contribution in [-0.4, -0.2) is 21.5 Å². The molecular formula is C15H15FN4S. The van der Waals surface area contributed by atoms with Crippen molar-refractivity contribution in [2.24, 2.45) is 0 Å². The Kier molecular flexibility index (Phi) is 4.06. The van der Waals surface area contributed by atoms with Crippen molar-refractivity contribution in [3.63, 3.8) is 0 Å². The molecule has 6 heteroatoms. The van der Waals surface area contributed by atoms with Crippen LogP contribution in [0.5, 0.6) is 0 Å². The topological polar surface area (TPSA) is 53.6 Å². The summed E-state index contributed by atoms with van der Waals surface area (Å²) in [6.07, 6.45) is 2.17. The second-order valence-electron chi connectivity index (χ2n) is 4.60. The van der Waals surface area contributed by atoms with E-state index in [0.29, 0.717) is 11.0 Å². The molecule has 3 rings (SSSR count). The van der Waals surface area contributed by atoms with E-state index in [4.69, 9.17) is 0 Å². The molecule has 0 unspecified atom stereocenters. The standard InChI is InChI=1S/C15H15FN4S/c1-2-7-17-15-18-9-11(16)14(20-15)21-13-8-10-5-3-4-6-12(10)19-13/h3-6,8-9,19H,2,7H2,1H3,(H,17,18,20). The van der Waals surface area contributed by atoms with E-state index >= 15 is 0 Å². The first-order valence-corrected chi connectivity index (χ1v) is 7.60. The first-order chi connectivity index (χ1) is 10.3. The molecule has 0 bridgehead atoms. The molecule has 2 heterocycles. The van der Waals surface area contributed by atoms with Gasteiger partial charge in [-0.3, -0.25) is 0 Å². The third-order valence-corrected chi connectivity index (χ3v) is 3.88. The van der Waals surface area contributed by atoms with Crippen LogP contribution in [-0.2, 0) is 0 Å². The molecular weight excluding hydrogens is 287 g/mol. The zero-order valence-corrected chi connectivity index (χ0v) is 12.4. The minimum atomic E-state index is -0.416. The molecule has 0 amide bonds. The Balaban J connectivity index is 1.86. The largest absolute Gasteiger partial charge is 0.354 e. The van der Waals surface area contributed by atoms with Gasteiger partial charge in [-0.25, -0.2) is 14.4 Å². The fourth-order valence-corrected chi connectivity index (χ4v) is 2.79. The van der Waals surface area contributed by atoms with Crippen molar-refractivity contribution >= 4 is 28.6 Å². The summed E-state index contributed by atoms with van der Waals surface area (Å²) in [5.41, 5.74) is 1.03. The van der Waals surface area contributed by atoms with E-state index in [-0.39, 0.29) is 0 Å². The summed E-state index contributed by atoms with van der Waals surface area (Å²) in [5, 5.41) is 5.33. The van der Waals surface area contributed by atoms with Gasteiger partial charge in [0.15, 0.2) is 5.82 Å². The van der Waals surface area contributed by atoms with Crippen molar-refractivity contribution in [1.82, 2.24) is 15.0 Å². The summed E-state index contributed by atoms with van der Waals surface area (Å²) in [4.78, 5) is 11.4. The van der Waals surface area contributed by atoms with Gasteiger partial charge in [-0.2, -0.15) is 0 Å². The maximum atomic E-state index is 13.8. The molecule has 0 atom stereocenters. The van der Waals surface area contributed by atoms with Crippen LogP contribution in [0.25, 0.3) is 10.9 Å². The van der Waals surface area contributed by atoms with Gasteiger partial charge in [0.2, 0.25) is 5.95 Å². The molecule has 1 aromatic carbocycles. The molecule has 2 N–H and O–H groups in total. The average Bonchev–Trinajstić information content (AvgIpc) is 2.90. The van der Waals surface area contributed by atoms with Gasteiger partial charge in [0.25, 0.3) is 0 Å². The molecule has 0 aliphatic heterocycles. The van der Waals surface area contributed by atoms with Crippen LogP contribution in [0.15, 0.2) is 46.6 Å². The molecule has 0 saturated heterocycles. The van der Waals surface area contributed by atoms with Gasteiger partial charge in [0, 0.05) is 17.4 Å². The Morgan fingerprint density at radius 3 is 3.00 bits per heavy atom. The molecule has 21 heavy (non-hydrogen) atoms. The molecule has 2 aromatic heterocycles. The predicted octanol–water partition coefficient (Wildman–Crippen LogP) is 4.07. The van der Waals surface area contributed by atoms with E-state index in [0.717, 1.165) is 28.9 Å². The molecule has 108 valence electrons. The number of para-hydroxylation sites is 1. The number of anilines is 1. The second-order valence-corrected chi connectivity index (χ2v) is 5.63. The van der Waals surface area contributed by atoms with Gasteiger partial charge in [-0.1, -0.05) is 25.1 Å². The van der Waals surface area contributed by atoms with Crippen LogP contribution in [0.4, 0.5) is 10.3 Å². The summed E-state index contributed by atoms with van der Waals surface area (Å²) < 4.78 is 13.8. The first kappa shape index (κ1) is 13.9. The number of rotatable bonds is 5. The van der Waals surface area contributed by atoms with E-state index in [1.165, 1.54) is 18.0 Å². The quantitative estimate of drug-likeness (QED) is 0.698. The summed E-state index contributed by atoms with van der Waals surface area (Å²) >= 11 is 1.27. The Morgan fingerprint density at radius 1 is 1.33 bits per heavy atom. The second kappa shape index (κ2) is 6.13. The highest BCUT2D eigenvalue weighted by Gasteiger charge is 2.10. The van der Waals surface area contributed by atoms with E-state index in [1.54, 1.807) is 0 Å². The number of fused-ring (bicyclic) bond motifs is 1. The highest BCUT2D eigenvalue weighted by atomic mass is 32.2. The summed E-state index contributed by atoms with van der Waals surface area (Å²) in [6.45, 7) is 2.82. The van der Waals surface area contributed by atoms with Crippen molar-refractivity contribution in [3.05, 3.63) is 42.3 Å². The normalized spacial score (nSPS) is 11.0. The Hall–Kier alpha value is -2.08. The number of benzene rings is 1. The third-order valence-electron chi connectivity index (χ3n) is 2.96. The highest BCUT2D eigenvalue weighted by Crippen LogP contribution is 2.30. The number of aromatic nitrogens is 3. The lowest BCUT2D eigenvalue weighted by atomic mass is 10.3. The first-order valence-electron chi connectivity index (χ1n) is 6.78. The van der Waals surface area contributed by atoms with Crippen LogP contribution in [0.1, 0.15) is 13.3 Å². The van der Waals surface area contributed by atoms with Crippen molar-refractivity contribution in [1.29, 1.82) is 0 Å². The molecule has 4 nitrogen and oxygen atoms in total. The molecule has 0 fully saturated rings. The zero-order chi connectivity index (χ0) is 14.7. The molecule has 0 radical (unpaired) electrons. The number of halogens is 1. The van der Waals surface area contributed by atoms with Crippen molar-refractivity contribution in [2.45, 2.75) is 23.4 Å². The van der Waals surface area contributed by atoms with Gasteiger partial charge in [-0.15, -0.1) is 0 Å². The number of hydrogen-bond acceptors (Lipinski definition) is 4. The van der Waals surface area contributed by atoms with Gasteiger partial charge < -0.3 is 10.3 Å². The highest BCUT2D eigenvalue weighted by molar-refractivity contribution is 7.99.